The Hall–Kier alpha value is -2.11. The fourth-order valence-electron chi connectivity index (χ4n) is 8.02. The minimum Gasteiger partial charge on any atom is -0.462 e. The molecule has 6 nitrogen and oxygen atoms in total. The number of carbonyl (C=O) groups is 3. The predicted molar refractivity (Wildman–Crippen MR) is 266 cm³/mol. The van der Waals surface area contributed by atoms with Crippen molar-refractivity contribution in [2.45, 2.75) is 303 Å². The van der Waals surface area contributed by atoms with Crippen molar-refractivity contribution in [3.8, 4) is 0 Å². The smallest absolute Gasteiger partial charge is 0.306 e. The first kappa shape index (κ1) is 59.9. The number of hydrogen-bond acceptors (Lipinski definition) is 6. The van der Waals surface area contributed by atoms with Gasteiger partial charge in [-0.3, -0.25) is 14.4 Å². The van der Waals surface area contributed by atoms with E-state index in [9.17, 15) is 14.4 Å². The molecule has 364 valence electrons. The van der Waals surface area contributed by atoms with Crippen LogP contribution in [0.1, 0.15) is 297 Å². The molecule has 0 aliphatic rings. The van der Waals surface area contributed by atoms with Gasteiger partial charge in [0.15, 0.2) is 6.10 Å². The van der Waals surface area contributed by atoms with Crippen LogP contribution in [0.15, 0.2) is 24.3 Å². The summed E-state index contributed by atoms with van der Waals surface area (Å²) in [6, 6.07) is 0. The van der Waals surface area contributed by atoms with Crippen LogP contribution in [0.2, 0.25) is 0 Å². The van der Waals surface area contributed by atoms with Gasteiger partial charge >= 0.3 is 17.9 Å². The Morgan fingerprint density at radius 3 is 0.839 bits per heavy atom. The van der Waals surface area contributed by atoms with Gasteiger partial charge in [0.25, 0.3) is 0 Å². The van der Waals surface area contributed by atoms with Crippen molar-refractivity contribution in [2.75, 3.05) is 13.2 Å². The summed E-state index contributed by atoms with van der Waals surface area (Å²) in [5, 5.41) is 0. The number of esters is 3. The van der Waals surface area contributed by atoms with Gasteiger partial charge in [-0.1, -0.05) is 231 Å². The monoisotopic (exact) mass is 873 g/mol. The third kappa shape index (κ3) is 48.9. The van der Waals surface area contributed by atoms with E-state index in [0.717, 1.165) is 64.2 Å². The van der Waals surface area contributed by atoms with Gasteiger partial charge in [0, 0.05) is 19.3 Å². The fraction of sp³-hybridized carbons (Fsp3) is 0.875. The molecule has 1 unspecified atom stereocenters. The van der Waals surface area contributed by atoms with Crippen molar-refractivity contribution in [3.05, 3.63) is 24.3 Å². The molecular formula is C56H104O6. The molecule has 0 rings (SSSR count). The molecule has 0 N–H and O–H groups in total. The maximum absolute atomic E-state index is 12.8. The van der Waals surface area contributed by atoms with E-state index in [4.69, 9.17) is 14.2 Å². The lowest BCUT2D eigenvalue weighted by Crippen LogP contribution is -2.30. The lowest BCUT2D eigenvalue weighted by Gasteiger charge is -2.18. The largest absolute Gasteiger partial charge is 0.462 e. The van der Waals surface area contributed by atoms with Gasteiger partial charge < -0.3 is 14.2 Å². The van der Waals surface area contributed by atoms with Crippen molar-refractivity contribution in [1.82, 2.24) is 0 Å². The van der Waals surface area contributed by atoms with Gasteiger partial charge in [-0.15, -0.1) is 0 Å². The normalized spacial score (nSPS) is 12.1. The van der Waals surface area contributed by atoms with Crippen molar-refractivity contribution in [2.24, 2.45) is 0 Å². The van der Waals surface area contributed by atoms with E-state index in [1.165, 1.54) is 193 Å². The quantitative estimate of drug-likeness (QED) is 0.0262. The molecule has 0 radical (unpaired) electrons. The van der Waals surface area contributed by atoms with E-state index in [2.05, 4.69) is 45.1 Å². The Morgan fingerprint density at radius 1 is 0.306 bits per heavy atom. The minimum atomic E-state index is -0.774. The molecule has 0 spiro atoms. The van der Waals surface area contributed by atoms with E-state index in [1.54, 1.807) is 0 Å². The predicted octanol–water partition coefficient (Wildman–Crippen LogP) is 17.9. The van der Waals surface area contributed by atoms with Gasteiger partial charge in [-0.05, 0) is 70.6 Å². The van der Waals surface area contributed by atoms with Crippen LogP contribution >= 0.6 is 0 Å². The summed E-state index contributed by atoms with van der Waals surface area (Å²) in [6.45, 7) is 6.64. The Labute approximate surface area is 385 Å². The molecule has 0 bridgehead atoms. The maximum atomic E-state index is 12.8. The van der Waals surface area contributed by atoms with Crippen LogP contribution in [0, 0.1) is 0 Å². The molecule has 0 saturated carbocycles. The first-order valence-corrected chi connectivity index (χ1v) is 27.3. The number of ether oxygens (including phenoxy) is 3. The third-order valence-electron chi connectivity index (χ3n) is 12.2. The zero-order valence-electron chi connectivity index (χ0n) is 41.7. The lowest BCUT2D eigenvalue weighted by molar-refractivity contribution is -0.167. The van der Waals surface area contributed by atoms with Gasteiger partial charge in [0.1, 0.15) is 13.2 Å². The average Bonchev–Trinajstić information content (AvgIpc) is 3.27. The zero-order valence-corrected chi connectivity index (χ0v) is 41.7. The highest BCUT2D eigenvalue weighted by atomic mass is 16.6. The van der Waals surface area contributed by atoms with Crippen LogP contribution < -0.4 is 0 Å². The summed E-state index contributed by atoms with van der Waals surface area (Å²) in [5.41, 5.74) is 0. The topological polar surface area (TPSA) is 78.9 Å². The van der Waals surface area contributed by atoms with Crippen molar-refractivity contribution in [3.63, 3.8) is 0 Å². The highest BCUT2D eigenvalue weighted by molar-refractivity contribution is 5.71. The third-order valence-corrected chi connectivity index (χ3v) is 12.2. The molecule has 0 aliphatic carbocycles. The molecule has 62 heavy (non-hydrogen) atoms. The average molecular weight is 873 g/mol. The molecule has 0 fully saturated rings. The molecule has 0 heterocycles. The highest BCUT2D eigenvalue weighted by Gasteiger charge is 2.19. The molecule has 0 aromatic heterocycles. The van der Waals surface area contributed by atoms with E-state index in [-0.39, 0.29) is 31.1 Å². The van der Waals surface area contributed by atoms with Gasteiger partial charge in [0.2, 0.25) is 0 Å². The van der Waals surface area contributed by atoms with Crippen LogP contribution in [0.25, 0.3) is 0 Å². The summed E-state index contributed by atoms with van der Waals surface area (Å²) in [6.07, 6.45) is 58.7. The van der Waals surface area contributed by atoms with Gasteiger partial charge in [-0.25, -0.2) is 0 Å². The number of carbonyl (C=O) groups excluding carboxylic acids is 3. The van der Waals surface area contributed by atoms with Crippen LogP contribution in [-0.2, 0) is 28.6 Å². The molecule has 0 saturated heterocycles. The Kier molecular flexibility index (Phi) is 49.8. The van der Waals surface area contributed by atoms with Crippen LogP contribution in [0.5, 0.6) is 0 Å². The highest BCUT2D eigenvalue weighted by Crippen LogP contribution is 2.16. The lowest BCUT2D eigenvalue weighted by atomic mass is 10.0. The van der Waals surface area contributed by atoms with E-state index >= 15 is 0 Å². The molecule has 0 aromatic rings. The summed E-state index contributed by atoms with van der Waals surface area (Å²) >= 11 is 0. The first-order valence-electron chi connectivity index (χ1n) is 27.3. The molecule has 6 heteroatoms. The number of allylic oxidation sites excluding steroid dienone is 4. The van der Waals surface area contributed by atoms with Gasteiger partial charge in [0.05, 0.1) is 0 Å². The van der Waals surface area contributed by atoms with Crippen molar-refractivity contribution >= 4 is 17.9 Å². The molecule has 0 amide bonds. The Balaban J connectivity index is 4.36. The number of rotatable bonds is 50. The number of unbranched alkanes of at least 4 members (excludes halogenated alkanes) is 35. The summed E-state index contributed by atoms with van der Waals surface area (Å²) in [4.78, 5) is 38.0. The summed E-state index contributed by atoms with van der Waals surface area (Å²) < 4.78 is 16.8. The first-order chi connectivity index (χ1) is 30.5. The number of hydrogen-bond donors (Lipinski definition) is 0. The van der Waals surface area contributed by atoms with E-state index < -0.39 is 6.10 Å². The van der Waals surface area contributed by atoms with Crippen LogP contribution in [0.3, 0.4) is 0 Å². The Morgan fingerprint density at radius 2 is 0.532 bits per heavy atom. The van der Waals surface area contributed by atoms with Crippen LogP contribution in [0.4, 0.5) is 0 Å². The van der Waals surface area contributed by atoms with E-state index in [1.807, 2.05) is 0 Å². The van der Waals surface area contributed by atoms with Crippen molar-refractivity contribution < 1.29 is 28.6 Å². The standard InChI is InChI=1S/C56H104O6/c1-4-7-10-13-16-19-22-25-28-31-34-37-40-43-46-49-55(58)61-52-53(51-60-54(57)48-45-42-39-36-33-30-27-24-21-18-15-12-9-6-3)62-56(59)50-47-44-41-38-35-32-29-26-23-20-17-14-11-8-5-2/h19,22,30,33,53H,4-18,20-21,23-29,31-32,34-52H2,1-3H3/b22-19-,33-30-. The van der Waals surface area contributed by atoms with E-state index in [0.29, 0.717) is 19.3 Å². The molecular weight excluding hydrogens is 769 g/mol. The molecule has 1 atom stereocenters. The maximum Gasteiger partial charge on any atom is 0.306 e. The second-order valence-electron chi connectivity index (χ2n) is 18.5. The minimum absolute atomic E-state index is 0.0743. The second kappa shape index (κ2) is 51.5. The second-order valence-corrected chi connectivity index (χ2v) is 18.5. The Bertz CT molecular complexity index is 1000. The molecule has 0 aliphatic heterocycles. The van der Waals surface area contributed by atoms with Crippen LogP contribution in [-0.4, -0.2) is 37.2 Å². The summed E-state index contributed by atoms with van der Waals surface area (Å²) in [7, 11) is 0. The molecule has 0 aromatic carbocycles. The fourth-order valence-corrected chi connectivity index (χ4v) is 8.02. The zero-order chi connectivity index (χ0) is 45.1. The summed E-state index contributed by atoms with van der Waals surface area (Å²) in [5.74, 6) is -0.878. The van der Waals surface area contributed by atoms with Gasteiger partial charge in [-0.2, -0.15) is 0 Å². The van der Waals surface area contributed by atoms with Crippen molar-refractivity contribution in [1.29, 1.82) is 0 Å². The SMILES string of the molecule is CCCCCC/C=C\CCCCCCCCCC(=O)OCC(COC(=O)CCCCC/C=C\CCCCCCCCC)OC(=O)CCCCCCCCCCCCCCCCC.